The number of hydrogen-bond acceptors (Lipinski definition) is 8. The van der Waals surface area contributed by atoms with Gasteiger partial charge in [0.2, 0.25) is 6.23 Å². The van der Waals surface area contributed by atoms with E-state index in [2.05, 4.69) is 4.98 Å². The summed E-state index contributed by atoms with van der Waals surface area (Å²) in [5.41, 5.74) is 1.95. The van der Waals surface area contributed by atoms with E-state index in [1.165, 1.54) is 11.8 Å². The number of hydroxylamine groups is 2. The number of carbonyl (C=O) groups is 4. The van der Waals surface area contributed by atoms with Crippen molar-refractivity contribution in [2.24, 2.45) is 0 Å². The molecule has 1 aliphatic heterocycles. The first-order valence-corrected chi connectivity index (χ1v) is 12.2. The van der Waals surface area contributed by atoms with Gasteiger partial charge in [-0.3, -0.25) is 9.78 Å². The highest BCUT2D eigenvalue weighted by Gasteiger charge is 2.34. The summed E-state index contributed by atoms with van der Waals surface area (Å²) in [7, 11) is 0. The fourth-order valence-corrected chi connectivity index (χ4v) is 3.97. The maximum absolute atomic E-state index is 13.6. The molecule has 1 aliphatic rings. The van der Waals surface area contributed by atoms with Crippen molar-refractivity contribution in [1.82, 2.24) is 14.9 Å². The van der Waals surface area contributed by atoms with Crippen molar-refractivity contribution < 1.29 is 28.8 Å². The maximum atomic E-state index is 13.6. The molecule has 0 spiro atoms. The van der Waals surface area contributed by atoms with Gasteiger partial charge in [0.15, 0.2) is 5.12 Å². The quantitative estimate of drug-likeness (QED) is 0.487. The van der Waals surface area contributed by atoms with Gasteiger partial charge in [0, 0.05) is 56.7 Å². The summed E-state index contributed by atoms with van der Waals surface area (Å²) in [5, 5.41) is 0.765. The van der Waals surface area contributed by atoms with Crippen LogP contribution in [-0.4, -0.2) is 63.1 Å². The molecule has 1 aromatic carbocycles. The summed E-state index contributed by atoms with van der Waals surface area (Å²) in [6, 6.07) is 12.6. The first-order valence-electron chi connectivity index (χ1n) is 11.2. The van der Waals surface area contributed by atoms with E-state index in [0.29, 0.717) is 25.1 Å². The minimum absolute atomic E-state index is 0.0626. The van der Waals surface area contributed by atoms with E-state index in [0.717, 1.165) is 40.1 Å². The van der Waals surface area contributed by atoms with Crippen LogP contribution in [0.25, 0.3) is 0 Å². The molecule has 2 aromatic rings. The van der Waals surface area contributed by atoms with E-state index < -0.39 is 24.2 Å². The first-order chi connectivity index (χ1) is 16.9. The summed E-state index contributed by atoms with van der Waals surface area (Å²) >= 11 is 1.10. The van der Waals surface area contributed by atoms with Crippen LogP contribution in [0.5, 0.6) is 0 Å². The molecule has 0 radical (unpaired) electrons. The maximum Gasteiger partial charge on any atom is 0.356 e. The molecule has 0 saturated heterocycles. The Morgan fingerprint density at radius 1 is 0.971 bits per heavy atom. The second-order valence-electron chi connectivity index (χ2n) is 7.70. The molecule has 35 heavy (non-hydrogen) atoms. The van der Waals surface area contributed by atoms with Gasteiger partial charge in [-0.05, 0) is 36.1 Å². The highest BCUT2D eigenvalue weighted by molar-refractivity contribution is 8.13. The number of benzene rings is 1. The summed E-state index contributed by atoms with van der Waals surface area (Å²) in [6.07, 6.45) is 5.26. The number of esters is 1. The summed E-state index contributed by atoms with van der Waals surface area (Å²) in [5.74, 6) is -1.23. The Balaban J connectivity index is 1.80. The molecule has 0 aliphatic carbocycles. The molecular weight excluding hydrogens is 470 g/mol. The van der Waals surface area contributed by atoms with Crippen LogP contribution in [0.3, 0.4) is 0 Å². The van der Waals surface area contributed by atoms with Crippen molar-refractivity contribution in [2.75, 3.05) is 18.8 Å². The van der Waals surface area contributed by atoms with Gasteiger partial charge in [-0.15, -0.1) is 5.06 Å². The molecule has 0 saturated carbocycles. The Hall–Kier alpha value is -3.66. The molecule has 1 aromatic heterocycles. The van der Waals surface area contributed by atoms with Crippen LogP contribution in [0.1, 0.15) is 24.5 Å². The van der Waals surface area contributed by atoms with Crippen LogP contribution in [0.4, 0.5) is 4.79 Å². The Bertz CT molecular complexity index is 1050. The third-order valence-corrected chi connectivity index (χ3v) is 5.92. The number of cyclic esters (lactones) is 1. The SMILES string of the molecule is CC(=O)SCCN(CCc1ccccc1)C(=O)N1OC(=O)/C=C/C(=O)OC1CCc1ccncc1. The zero-order valence-electron chi connectivity index (χ0n) is 19.4. The lowest BCUT2D eigenvalue weighted by Crippen LogP contribution is -2.52. The Labute approximate surface area is 208 Å². The van der Waals surface area contributed by atoms with E-state index in [4.69, 9.17) is 9.57 Å². The summed E-state index contributed by atoms with van der Waals surface area (Å²) in [6.45, 7) is 2.02. The lowest BCUT2D eigenvalue weighted by Gasteiger charge is -2.34. The van der Waals surface area contributed by atoms with Crippen LogP contribution in [0.2, 0.25) is 0 Å². The number of nitrogens with zero attached hydrogens (tertiary/aromatic N) is 3. The lowest BCUT2D eigenvalue weighted by molar-refractivity contribution is -0.219. The fourth-order valence-electron chi connectivity index (χ4n) is 3.37. The van der Waals surface area contributed by atoms with Crippen LogP contribution in [0.15, 0.2) is 67.0 Å². The van der Waals surface area contributed by atoms with Gasteiger partial charge in [0.1, 0.15) is 0 Å². The number of carbonyl (C=O) groups excluding carboxylic acids is 4. The van der Waals surface area contributed by atoms with Crippen molar-refractivity contribution >= 4 is 34.8 Å². The minimum Gasteiger partial charge on any atom is -0.435 e. The molecule has 1 unspecified atom stereocenters. The molecular formula is C25H27N3O6S. The van der Waals surface area contributed by atoms with Gasteiger partial charge in [-0.2, -0.15) is 0 Å². The largest absolute Gasteiger partial charge is 0.435 e. The number of thioether (sulfide) groups is 1. The second kappa shape index (κ2) is 13.3. The Morgan fingerprint density at radius 2 is 1.66 bits per heavy atom. The standard InChI is InChI=1S/C25H27N3O6S/c1-19(29)35-18-17-27(16-13-20-5-3-2-4-6-20)25(32)28-22(8-7-21-11-14-26-15-12-21)33-23(30)9-10-24(31)34-28/h2-6,9-12,14-15,22H,7-8,13,16-18H2,1H3/b10-9+. The normalized spacial score (nSPS) is 16.5. The molecule has 2 amide bonds. The predicted molar refractivity (Wildman–Crippen MR) is 130 cm³/mol. The fraction of sp³-hybridized carbons (Fsp3) is 0.320. The van der Waals surface area contributed by atoms with Gasteiger partial charge >= 0.3 is 18.0 Å². The minimum atomic E-state index is -1.13. The highest BCUT2D eigenvalue weighted by atomic mass is 32.2. The Morgan fingerprint density at radius 3 is 2.37 bits per heavy atom. The molecule has 2 heterocycles. The smallest absolute Gasteiger partial charge is 0.356 e. The number of aromatic nitrogens is 1. The van der Waals surface area contributed by atoms with Gasteiger partial charge < -0.3 is 14.5 Å². The van der Waals surface area contributed by atoms with Crippen molar-refractivity contribution in [1.29, 1.82) is 0 Å². The van der Waals surface area contributed by atoms with Gasteiger partial charge in [-0.1, -0.05) is 42.1 Å². The van der Waals surface area contributed by atoms with Crippen molar-refractivity contribution in [2.45, 2.75) is 32.4 Å². The molecule has 1 atom stereocenters. The lowest BCUT2D eigenvalue weighted by atomic mass is 10.1. The number of urea groups is 1. The van der Waals surface area contributed by atoms with Crippen LogP contribution in [0, 0.1) is 0 Å². The number of pyridine rings is 1. The average molecular weight is 498 g/mol. The third-order valence-electron chi connectivity index (χ3n) is 5.13. The van der Waals surface area contributed by atoms with Gasteiger partial charge in [0.05, 0.1) is 0 Å². The highest BCUT2D eigenvalue weighted by Crippen LogP contribution is 2.18. The van der Waals surface area contributed by atoms with E-state index in [1.54, 1.807) is 12.4 Å². The zero-order valence-corrected chi connectivity index (χ0v) is 20.2. The molecule has 9 nitrogen and oxygen atoms in total. The number of aryl methyl sites for hydroxylation is 1. The number of rotatable bonds is 9. The molecule has 3 rings (SSSR count). The van der Waals surface area contributed by atoms with E-state index in [9.17, 15) is 19.2 Å². The van der Waals surface area contributed by atoms with Gasteiger partial charge in [0.25, 0.3) is 0 Å². The Kier molecular flexibility index (Phi) is 9.85. The van der Waals surface area contributed by atoms with Crippen LogP contribution in [-0.2, 0) is 36.8 Å². The van der Waals surface area contributed by atoms with Gasteiger partial charge in [-0.25, -0.2) is 14.4 Å². The molecule has 0 bridgehead atoms. The first kappa shape index (κ1) is 26.0. The third kappa shape index (κ3) is 8.56. The number of ether oxygens (including phenoxy) is 1. The molecule has 0 fully saturated rings. The monoisotopic (exact) mass is 497 g/mol. The van der Waals surface area contributed by atoms with Crippen LogP contribution >= 0.6 is 11.8 Å². The summed E-state index contributed by atoms with van der Waals surface area (Å²) < 4.78 is 5.45. The van der Waals surface area contributed by atoms with E-state index in [1.807, 2.05) is 42.5 Å². The zero-order chi connectivity index (χ0) is 25.0. The van der Waals surface area contributed by atoms with E-state index in [-0.39, 0.29) is 18.1 Å². The second-order valence-corrected chi connectivity index (χ2v) is 8.97. The molecule has 0 N–H and O–H groups in total. The van der Waals surface area contributed by atoms with E-state index >= 15 is 0 Å². The van der Waals surface area contributed by atoms with Crippen LogP contribution < -0.4 is 0 Å². The van der Waals surface area contributed by atoms with Crippen molar-refractivity contribution in [3.63, 3.8) is 0 Å². The number of amides is 2. The van der Waals surface area contributed by atoms with Crippen molar-refractivity contribution in [3.8, 4) is 0 Å². The molecule has 184 valence electrons. The number of hydrogen-bond donors (Lipinski definition) is 0. The topological polar surface area (TPSA) is 106 Å². The van der Waals surface area contributed by atoms with Crippen molar-refractivity contribution in [3.05, 3.63) is 78.1 Å². The molecule has 10 heteroatoms. The average Bonchev–Trinajstić information content (AvgIpc) is 2.86. The predicted octanol–water partition coefficient (Wildman–Crippen LogP) is 3.16. The summed E-state index contributed by atoms with van der Waals surface area (Å²) in [4.78, 5) is 60.2.